The molecule has 0 aliphatic rings. The molecule has 0 bridgehead atoms. The Bertz CT molecular complexity index is 416. The fourth-order valence-electron chi connectivity index (χ4n) is 1.38. The lowest BCUT2D eigenvalue weighted by Crippen LogP contribution is -2.21. The molecule has 0 atom stereocenters. The summed E-state index contributed by atoms with van der Waals surface area (Å²) >= 11 is 0. The molecule has 0 aliphatic heterocycles. The van der Waals surface area contributed by atoms with E-state index in [0.717, 1.165) is 12.0 Å². The number of benzene rings is 1. The van der Waals surface area contributed by atoms with Gasteiger partial charge in [-0.2, -0.15) is 5.26 Å². The topological polar surface area (TPSA) is 44.1 Å². The van der Waals surface area contributed by atoms with E-state index in [1.165, 1.54) is 4.90 Å². The van der Waals surface area contributed by atoms with Gasteiger partial charge < -0.3 is 4.90 Å². The zero-order valence-electron chi connectivity index (χ0n) is 9.24. The van der Waals surface area contributed by atoms with Crippen LogP contribution in [-0.4, -0.2) is 24.9 Å². The molecule has 0 saturated carbocycles. The van der Waals surface area contributed by atoms with Crippen molar-refractivity contribution in [1.82, 2.24) is 4.90 Å². The fraction of sp³-hybridized carbons (Fsp3) is 0.333. The van der Waals surface area contributed by atoms with Crippen LogP contribution in [0.5, 0.6) is 0 Å². The van der Waals surface area contributed by atoms with Gasteiger partial charge in [0.2, 0.25) is 0 Å². The molecule has 78 valence electrons. The van der Waals surface area contributed by atoms with Crippen LogP contribution in [0.1, 0.15) is 28.4 Å². The van der Waals surface area contributed by atoms with Crippen molar-refractivity contribution in [3.63, 3.8) is 0 Å². The number of amides is 1. The highest BCUT2D eigenvalue weighted by molar-refractivity contribution is 5.94. The number of rotatable bonds is 2. The molecule has 0 fully saturated rings. The van der Waals surface area contributed by atoms with Crippen LogP contribution in [0.2, 0.25) is 0 Å². The standard InChI is InChI=1S/C12H14N2O/c1-4-9-5-6-10(7-11(9)8-13)12(15)14(2)3/h5-7H,4H2,1-3H3. The molecular formula is C12H14N2O. The summed E-state index contributed by atoms with van der Waals surface area (Å²) in [5.41, 5.74) is 2.13. The van der Waals surface area contributed by atoms with Crippen LogP contribution in [-0.2, 0) is 6.42 Å². The summed E-state index contributed by atoms with van der Waals surface area (Å²) in [6.45, 7) is 1.99. The highest BCUT2D eigenvalue weighted by Gasteiger charge is 2.10. The normalized spacial score (nSPS) is 9.47. The van der Waals surface area contributed by atoms with Gasteiger partial charge in [-0.1, -0.05) is 13.0 Å². The maximum absolute atomic E-state index is 11.6. The molecule has 0 unspecified atom stereocenters. The lowest BCUT2D eigenvalue weighted by atomic mass is 10.0. The van der Waals surface area contributed by atoms with Crippen LogP contribution in [0.3, 0.4) is 0 Å². The van der Waals surface area contributed by atoms with E-state index < -0.39 is 0 Å². The summed E-state index contributed by atoms with van der Waals surface area (Å²) in [4.78, 5) is 13.1. The van der Waals surface area contributed by atoms with Crippen molar-refractivity contribution in [3.05, 3.63) is 34.9 Å². The van der Waals surface area contributed by atoms with E-state index in [1.807, 2.05) is 13.0 Å². The first-order chi connectivity index (χ1) is 7.10. The number of hydrogen-bond acceptors (Lipinski definition) is 2. The molecule has 1 aromatic rings. The van der Waals surface area contributed by atoms with Gasteiger partial charge in [-0.25, -0.2) is 0 Å². The second-order valence-electron chi connectivity index (χ2n) is 3.54. The van der Waals surface area contributed by atoms with Gasteiger partial charge >= 0.3 is 0 Å². The molecule has 0 spiro atoms. The lowest BCUT2D eigenvalue weighted by Gasteiger charge is -2.11. The van der Waals surface area contributed by atoms with Crippen molar-refractivity contribution in [2.24, 2.45) is 0 Å². The van der Waals surface area contributed by atoms with Crippen molar-refractivity contribution < 1.29 is 4.79 Å². The van der Waals surface area contributed by atoms with E-state index in [2.05, 4.69) is 6.07 Å². The Labute approximate surface area is 89.9 Å². The molecule has 0 radical (unpaired) electrons. The number of nitriles is 1. The maximum Gasteiger partial charge on any atom is 0.253 e. The monoisotopic (exact) mass is 202 g/mol. The number of carbonyl (C=O) groups is 1. The van der Waals surface area contributed by atoms with Gasteiger partial charge in [0.1, 0.15) is 0 Å². The molecule has 0 aliphatic carbocycles. The zero-order valence-corrected chi connectivity index (χ0v) is 9.24. The summed E-state index contributed by atoms with van der Waals surface area (Å²) in [5.74, 6) is -0.0749. The molecule has 0 N–H and O–H groups in total. The molecule has 1 rings (SSSR count). The van der Waals surface area contributed by atoms with Crippen LogP contribution in [0, 0.1) is 11.3 Å². The summed E-state index contributed by atoms with van der Waals surface area (Å²) in [7, 11) is 3.39. The summed E-state index contributed by atoms with van der Waals surface area (Å²) in [6, 6.07) is 7.37. The minimum absolute atomic E-state index is 0.0749. The molecule has 0 saturated heterocycles. The zero-order chi connectivity index (χ0) is 11.4. The number of aryl methyl sites for hydroxylation is 1. The van der Waals surface area contributed by atoms with Crippen LogP contribution < -0.4 is 0 Å². The Morgan fingerprint density at radius 1 is 1.47 bits per heavy atom. The maximum atomic E-state index is 11.6. The van der Waals surface area contributed by atoms with Gasteiger partial charge in [0.15, 0.2) is 0 Å². The summed E-state index contributed by atoms with van der Waals surface area (Å²) in [5, 5.41) is 8.92. The first-order valence-corrected chi connectivity index (χ1v) is 4.84. The van der Waals surface area contributed by atoms with E-state index in [4.69, 9.17) is 5.26 Å². The van der Waals surface area contributed by atoms with Gasteiger partial charge in [-0.15, -0.1) is 0 Å². The van der Waals surface area contributed by atoms with Crippen molar-refractivity contribution in [1.29, 1.82) is 5.26 Å². The van der Waals surface area contributed by atoms with Crippen LogP contribution in [0.15, 0.2) is 18.2 Å². The van der Waals surface area contributed by atoms with Gasteiger partial charge in [0.05, 0.1) is 11.6 Å². The summed E-state index contributed by atoms with van der Waals surface area (Å²) < 4.78 is 0. The fourth-order valence-corrected chi connectivity index (χ4v) is 1.38. The van der Waals surface area contributed by atoms with Crippen LogP contribution in [0.25, 0.3) is 0 Å². The predicted octanol–water partition coefficient (Wildman–Crippen LogP) is 1.82. The first-order valence-electron chi connectivity index (χ1n) is 4.84. The number of nitrogens with zero attached hydrogens (tertiary/aromatic N) is 2. The van der Waals surface area contributed by atoms with Gasteiger partial charge in [-0.3, -0.25) is 4.79 Å². The van der Waals surface area contributed by atoms with E-state index >= 15 is 0 Å². The third-order valence-electron chi connectivity index (χ3n) is 2.26. The molecule has 1 aromatic carbocycles. The second-order valence-corrected chi connectivity index (χ2v) is 3.54. The third-order valence-corrected chi connectivity index (χ3v) is 2.26. The van der Waals surface area contributed by atoms with Crippen LogP contribution >= 0.6 is 0 Å². The minimum Gasteiger partial charge on any atom is -0.345 e. The SMILES string of the molecule is CCc1ccc(C(=O)N(C)C)cc1C#N. The van der Waals surface area contributed by atoms with Crippen molar-refractivity contribution in [2.75, 3.05) is 14.1 Å². The Morgan fingerprint density at radius 2 is 2.13 bits per heavy atom. The Balaban J connectivity index is 3.15. The molecule has 3 nitrogen and oxygen atoms in total. The summed E-state index contributed by atoms with van der Waals surface area (Å²) in [6.07, 6.45) is 0.805. The number of carbonyl (C=O) groups excluding carboxylic acids is 1. The molecule has 0 heterocycles. The first kappa shape index (κ1) is 11.3. The van der Waals surface area contributed by atoms with Gasteiger partial charge in [0.25, 0.3) is 5.91 Å². The lowest BCUT2D eigenvalue weighted by molar-refractivity contribution is 0.0827. The third kappa shape index (κ3) is 2.35. The quantitative estimate of drug-likeness (QED) is 0.734. The molecular weight excluding hydrogens is 188 g/mol. The molecule has 0 aromatic heterocycles. The van der Waals surface area contributed by atoms with E-state index in [9.17, 15) is 4.79 Å². The van der Waals surface area contributed by atoms with Gasteiger partial charge in [0, 0.05) is 19.7 Å². The largest absolute Gasteiger partial charge is 0.345 e. The van der Waals surface area contributed by atoms with Gasteiger partial charge in [-0.05, 0) is 24.1 Å². The molecule has 1 amide bonds. The Hall–Kier alpha value is -1.82. The van der Waals surface area contributed by atoms with E-state index in [-0.39, 0.29) is 5.91 Å². The number of hydrogen-bond donors (Lipinski definition) is 0. The average Bonchev–Trinajstić information content (AvgIpc) is 2.26. The van der Waals surface area contributed by atoms with Crippen molar-refractivity contribution >= 4 is 5.91 Å². The van der Waals surface area contributed by atoms with E-state index in [0.29, 0.717) is 11.1 Å². The van der Waals surface area contributed by atoms with Crippen LogP contribution in [0.4, 0.5) is 0 Å². The second kappa shape index (κ2) is 4.61. The van der Waals surface area contributed by atoms with Crippen molar-refractivity contribution in [2.45, 2.75) is 13.3 Å². The molecule has 15 heavy (non-hydrogen) atoms. The van der Waals surface area contributed by atoms with E-state index in [1.54, 1.807) is 26.2 Å². The Kier molecular flexibility index (Phi) is 3.46. The molecule has 3 heteroatoms. The van der Waals surface area contributed by atoms with Crippen molar-refractivity contribution in [3.8, 4) is 6.07 Å². The highest BCUT2D eigenvalue weighted by atomic mass is 16.2. The minimum atomic E-state index is -0.0749. The smallest absolute Gasteiger partial charge is 0.253 e. The predicted molar refractivity (Wildman–Crippen MR) is 58.6 cm³/mol. The highest BCUT2D eigenvalue weighted by Crippen LogP contribution is 2.13. The average molecular weight is 202 g/mol. The Morgan fingerprint density at radius 3 is 2.60 bits per heavy atom.